The van der Waals surface area contributed by atoms with E-state index < -0.39 is 5.97 Å². The molecule has 0 aliphatic carbocycles. The Kier molecular flexibility index (Phi) is 3.56. The molecule has 0 radical (unpaired) electrons. The SMILES string of the molecule is Cc1nc(C)c(C(=O)Nc2ncn(CC(=O)O)n2)s1. The summed E-state index contributed by atoms with van der Waals surface area (Å²) < 4.78 is 1.13. The van der Waals surface area contributed by atoms with Gasteiger partial charge in [0, 0.05) is 0 Å². The Labute approximate surface area is 112 Å². The largest absolute Gasteiger partial charge is 0.480 e. The number of aliphatic carboxylic acids is 1. The fraction of sp³-hybridized carbons (Fsp3) is 0.300. The third-order valence-electron chi connectivity index (χ3n) is 2.17. The number of hydrogen-bond acceptors (Lipinski definition) is 6. The monoisotopic (exact) mass is 281 g/mol. The maximum Gasteiger partial charge on any atom is 0.325 e. The highest BCUT2D eigenvalue weighted by Gasteiger charge is 2.15. The molecule has 100 valence electrons. The lowest BCUT2D eigenvalue weighted by Crippen LogP contribution is -2.14. The first-order valence-corrected chi connectivity index (χ1v) is 6.14. The Balaban J connectivity index is 2.09. The zero-order chi connectivity index (χ0) is 14.0. The summed E-state index contributed by atoms with van der Waals surface area (Å²) >= 11 is 1.28. The zero-order valence-electron chi connectivity index (χ0n) is 10.2. The van der Waals surface area contributed by atoms with E-state index in [1.54, 1.807) is 6.92 Å². The standard InChI is InChI=1S/C10H11N5O3S/c1-5-8(19-6(2)12-5)9(18)13-10-11-4-15(14-10)3-7(16)17/h4H,3H2,1-2H3,(H,16,17)(H,13,14,18). The normalized spacial score (nSPS) is 10.4. The number of carboxylic acid groups (broad SMARTS) is 1. The van der Waals surface area contributed by atoms with Gasteiger partial charge in [0.15, 0.2) is 0 Å². The molecule has 0 bridgehead atoms. The third-order valence-corrected chi connectivity index (χ3v) is 3.24. The summed E-state index contributed by atoms with van der Waals surface area (Å²) in [4.78, 5) is 30.9. The molecule has 2 aromatic heterocycles. The molecule has 2 rings (SSSR count). The van der Waals surface area contributed by atoms with Crippen LogP contribution in [0.3, 0.4) is 0 Å². The maximum absolute atomic E-state index is 11.9. The van der Waals surface area contributed by atoms with Crippen molar-refractivity contribution in [2.24, 2.45) is 0 Å². The van der Waals surface area contributed by atoms with Crippen molar-refractivity contribution < 1.29 is 14.7 Å². The number of nitrogens with zero attached hydrogens (tertiary/aromatic N) is 4. The van der Waals surface area contributed by atoms with Crippen LogP contribution < -0.4 is 5.32 Å². The average molecular weight is 281 g/mol. The molecule has 0 aromatic carbocycles. The molecule has 1 amide bonds. The van der Waals surface area contributed by atoms with Crippen LogP contribution >= 0.6 is 11.3 Å². The van der Waals surface area contributed by atoms with E-state index in [1.807, 2.05) is 6.92 Å². The second kappa shape index (κ2) is 5.14. The van der Waals surface area contributed by atoms with Gasteiger partial charge in [0.2, 0.25) is 5.95 Å². The zero-order valence-corrected chi connectivity index (χ0v) is 11.1. The van der Waals surface area contributed by atoms with E-state index in [2.05, 4.69) is 20.4 Å². The molecule has 0 fully saturated rings. The van der Waals surface area contributed by atoms with Crippen molar-refractivity contribution in [3.05, 3.63) is 21.9 Å². The van der Waals surface area contributed by atoms with Crippen LogP contribution in [0.1, 0.15) is 20.4 Å². The lowest BCUT2D eigenvalue weighted by Gasteiger charge is -1.98. The van der Waals surface area contributed by atoms with Gasteiger partial charge in [-0.15, -0.1) is 16.4 Å². The topological polar surface area (TPSA) is 110 Å². The van der Waals surface area contributed by atoms with Gasteiger partial charge < -0.3 is 5.11 Å². The predicted molar refractivity (Wildman–Crippen MR) is 67.2 cm³/mol. The fourth-order valence-electron chi connectivity index (χ4n) is 1.47. The Bertz CT molecular complexity index is 633. The van der Waals surface area contributed by atoms with Gasteiger partial charge in [-0.1, -0.05) is 0 Å². The van der Waals surface area contributed by atoms with E-state index in [9.17, 15) is 9.59 Å². The van der Waals surface area contributed by atoms with Crippen LogP contribution in [-0.4, -0.2) is 36.7 Å². The molecule has 0 aliphatic heterocycles. The Morgan fingerprint density at radius 3 is 2.79 bits per heavy atom. The van der Waals surface area contributed by atoms with Crippen LogP contribution in [0.25, 0.3) is 0 Å². The lowest BCUT2D eigenvalue weighted by molar-refractivity contribution is -0.137. The van der Waals surface area contributed by atoms with Crippen molar-refractivity contribution in [2.75, 3.05) is 5.32 Å². The molecule has 0 saturated carbocycles. The first kappa shape index (κ1) is 13.1. The molecule has 9 heteroatoms. The summed E-state index contributed by atoms with van der Waals surface area (Å²) in [5.74, 6) is -1.32. The molecule has 0 atom stereocenters. The highest BCUT2D eigenvalue weighted by Crippen LogP contribution is 2.17. The smallest absolute Gasteiger partial charge is 0.325 e. The Morgan fingerprint density at radius 1 is 1.47 bits per heavy atom. The fourth-order valence-corrected chi connectivity index (χ4v) is 2.28. The van der Waals surface area contributed by atoms with Gasteiger partial charge in [0.05, 0.1) is 10.7 Å². The number of carbonyl (C=O) groups excluding carboxylic acids is 1. The summed E-state index contributed by atoms with van der Waals surface area (Å²) in [5, 5.41) is 15.7. The summed E-state index contributed by atoms with van der Waals surface area (Å²) in [6.07, 6.45) is 1.24. The van der Waals surface area contributed by atoms with Crippen molar-refractivity contribution in [1.29, 1.82) is 0 Å². The number of aryl methyl sites for hydroxylation is 2. The van der Waals surface area contributed by atoms with Crippen LogP contribution in [0, 0.1) is 13.8 Å². The van der Waals surface area contributed by atoms with Gasteiger partial charge in [-0.2, -0.15) is 0 Å². The molecule has 8 nitrogen and oxygen atoms in total. The van der Waals surface area contributed by atoms with E-state index >= 15 is 0 Å². The van der Waals surface area contributed by atoms with Crippen LogP contribution in [0.5, 0.6) is 0 Å². The predicted octanol–water partition coefficient (Wildman–Crippen LogP) is 0.688. The molecule has 0 unspecified atom stereocenters. The summed E-state index contributed by atoms with van der Waals surface area (Å²) in [6.45, 7) is 3.25. The summed E-state index contributed by atoms with van der Waals surface area (Å²) in [6, 6.07) is 0. The van der Waals surface area contributed by atoms with E-state index in [-0.39, 0.29) is 18.4 Å². The van der Waals surface area contributed by atoms with Crippen LogP contribution in [0.2, 0.25) is 0 Å². The first-order chi connectivity index (χ1) is 8.95. The molecule has 0 aliphatic rings. The molecule has 2 aromatic rings. The van der Waals surface area contributed by atoms with Crippen molar-refractivity contribution >= 4 is 29.2 Å². The van der Waals surface area contributed by atoms with Crippen LogP contribution in [0.4, 0.5) is 5.95 Å². The minimum atomic E-state index is -1.03. The van der Waals surface area contributed by atoms with E-state index in [4.69, 9.17) is 5.11 Å². The van der Waals surface area contributed by atoms with Gasteiger partial charge >= 0.3 is 5.97 Å². The van der Waals surface area contributed by atoms with Crippen molar-refractivity contribution in [3.8, 4) is 0 Å². The highest BCUT2D eigenvalue weighted by atomic mass is 32.1. The number of hydrogen-bond donors (Lipinski definition) is 2. The van der Waals surface area contributed by atoms with E-state index in [0.29, 0.717) is 10.6 Å². The molecule has 2 N–H and O–H groups in total. The number of thiazole rings is 1. The van der Waals surface area contributed by atoms with Gasteiger partial charge in [-0.25, -0.2) is 14.6 Å². The van der Waals surface area contributed by atoms with Crippen LogP contribution in [-0.2, 0) is 11.3 Å². The summed E-state index contributed by atoms with van der Waals surface area (Å²) in [7, 11) is 0. The van der Waals surface area contributed by atoms with E-state index in [1.165, 1.54) is 17.7 Å². The molecule has 2 heterocycles. The quantitative estimate of drug-likeness (QED) is 0.853. The minimum absolute atomic E-state index is 0.0664. The van der Waals surface area contributed by atoms with Crippen molar-refractivity contribution in [2.45, 2.75) is 20.4 Å². The average Bonchev–Trinajstić information content (AvgIpc) is 2.84. The third kappa shape index (κ3) is 3.13. The minimum Gasteiger partial charge on any atom is -0.480 e. The highest BCUT2D eigenvalue weighted by molar-refractivity contribution is 7.13. The number of carbonyl (C=O) groups is 2. The number of amides is 1. The molecule has 0 spiro atoms. The first-order valence-electron chi connectivity index (χ1n) is 5.32. The number of anilines is 1. The number of aromatic nitrogens is 4. The van der Waals surface area contributed by atoms with Crippen molar-refractivity contribution in [3.63, 3.8) is 0 Å². The van der Waals surface area contributed by atoms with Crippen LogP contribution in [0.15, 0.2) is 6.33 Å². The Morgan fingerprint density at radius 2 is 2.21 bits per heavy atom. The Hall–Kier alpha value is -2.29. The van der Waals surface area contributed by atoms with Gasteiger partial charge in [-0.3, -0.25) is 14.9 Å². The van der Waals surface area contributed by atoms with Gasteiger partial charge in [0.1, 0.15) is 17.7 Å². The molecular formula is C10H11N5O3S. The molecule has 0 saturated heterocycles. The summed E-state index contributed by atoms with van der Waals surface area (Å²) in [5.41, 5.74) is 0.643. The number of carboxylic acids is 1. The molecule has 19 heavy (non-hydrogen) atoms. The molecular weight excluding hydrogens is 270 g/mol. The second-order valence-electron chi connectivity index (χ2n) is 3.76. The van der Waals surface area contributed by atoms with E-state index in [0.717, 1.165) is 9.69 Å². The second-order valence-corrected chi connectivity index (χ2v) is 4.96. The van der Waals surface area contributed by atoms with Gasteiger partial charge in [-0.05, 0) is 13.8 Å². The lowest BCUT2D eigenvalue weighted by atomic mass is 10.4. The maximum atomic E-state index is 11.9. The number of nitrogens with one attached hydrogen (secondary N) is 1. The number of rotatable bonds is 4. The van der Waals surface area contributed by atoms with Crippen molar-refractivity contribution in [1.82, 2.24) is 19.7 Å². The van der Waals surface area contributed by atoms with Gasteiger partial charge in [0.25, 0.3) is 5.91 Å².